The summed E-state index contributed by atoms with van der Waals surface area (Å²) in [7, 11) is 0. The van der Waals surface area contributed by atoms with Crippen molar-refractivity contribution in [2.24, 2.45) is 17.8 Å². The first-order valence-electron chi connectivity index (χ1n) is 8.25. The van der Waals surface area contributed by atoms with E-state index in [1.807, 2.05) is 0 Å². The molecule has 0 aromatic carbocycles. The number of carbonyl (C=O) groups excluding carboxylic acids is 1. The topological polar surface area (TPSA) is 41.6 Å². The smallest absolute Gasteiger partial charge is 0.308 e. The second-order valence-corrected chi connectivity index (χ2v) is 6.79. The van der Waals surface area contributed by atoms with Crippen LogP contribution in [-0.4, -0.2) is 50.2 Å². The molecule has 20 heavy (non-hydrogen) atoms. The zero-order valence-corrected chi connectivity index (χ0v) is 13.1. The highest BCUT2D eigenvalue weighted by Gasteiger charge is 2.28. The summed E-state index contributed by atoms with van der Waals surface area (Å²) in [5.74, 6) is 1.41. The molecule has 2 aliphatic rings. The summed E-state index contributed by atoms with van der Waals surface area (Å²) >= 11 is 0. The Bertz CT molecular complexity index is 293. The number of hydrogen-bond donors (Lipinski definition) is 1. The highest BCUT2D eigenvalue weighted by atomic mass is 16.5. The van der Waals surface area contributed by atoms with E-state index in [9.17, 15) is 4.79 Å². The number of hydrogen-bond acceptors (Lipinski definition) is 4. The van der Waals surface area contributed by atoms with Crippen molar-refractivity contribution in [1.82, 2.24) is 10.2 Å². The predicted octanol–water partition coefficient (Wildman–Crippen LogP) is 1.90. The second kappa shape index (κ2) is 7.99. The number of nitrogens with zero attached hydrogens (tertiary/aromatic N) is 1. The van der Waals surface area contributed by atoms with E-state index in [0.717, 1.165) is 31.8 Å². The number of ether oxygens (including phenoxy) is 1. The van der Waals surface area contributed by atoms with Gasteiger partial charge in [0.2, 0.25) is 0 Å². The molecule has 0 aromatic heterocycles. The lowest BCUT2D eigenvalue weighted by molar-refractivity contribution is -0.151. The van der Waals surface area contributed by atoms with Gasteiger partial charge in [-0.3, -0.25) is 4.79 Å². The lowest BCUT2D eigenvalue weighted by Crippen LogP contribution is -2.45. The van der Waals surface area contributed by atoms with E-state index in [4.69, 9.17) is 4.74 Å². The fraction of sp³-hybridized carbons (Fsp3) is 0.938. The van der Waals surface area contributed by atoms with Crippen molar-refractivity contribution in [2.45, 2.75) is 39.5 Å². The number of rotatable bonds is 5. The highest BCUT2D eigenvalue weighted by molar-refractivity contribution is 5.72. The third-order valence-electron chi connectivity index (χ3n) is 4.47. The Morgan fingerprint density at radius 2 is 1.85 bits per heavy atom. The molecule has 1 heterocycles. The SMILES string of the molecule is CC(C)COC(=O)C1CCC(CN2CCNCC2)CC1. The van der Waals surface area contributed by atoms with Crippen molar-refractivity contribution in [2.75, 3.05) is 39.3 Å². The maximum absolute atomic E-state index is 12.0. The number of piperazine rings is 1. The molecule has 1 saturated heterocycles. The molecular weight excluding hydrogens is 252 g/mol. The zero-order chi connectivity index (χ0) is 14.4. The monoisotopic (exact) mass is 282 g/mol. The van der Waals surface area contributed by atoms with Crippen LogP contribution in [0.1, 0.15) is 39.5 Å². The molecule has 1 aliphatic carbocycles. The summed E-state index contributed by atoms with van der Waals surface area (Å²) in [6, 6.07) is 0. The summed E-state index contributed by atoms with van der Waals surface area (Å²) in [6.45, 7) is 10.5. The molecule has 2 fully saturated rings. The van der Waals surface area contributed by atoms with Crippen LogP contribution in [0, 0.1) is 17.8 Å². The van der Waals surface area contributed by atoms with Gasteiger partial charge in [0.15, 0.2) is 0 Å². The van der Waals surface area contributed by atoms with Crippen molar-refractivity contribution < 1.29 is 9.53 Å². The van der Waals surface area contributed by atoms with Crippen molar-refractivity contribution in [3.63, 3.8) is 0 Å². The average molecular weight is 282 g/mol. The molecule has 2 rings (SSSR count). The Balaban J connectivity index is 1.65. The molecule has 1 N–H and O–H groups in total. The molecule has 0 aromatic rings. The van der Waals surface area contributed by atoms with Crippen LogP contribution in [0.25, 0.3) is 0 Å². The van der Waals surface area contributed by atoms with Gasteiger partial charge in [0.25, 0.3) is 0 Å². The fourth-order valence-electron chi connectivity index (χ4n) is 3.21. The molecule has 0 radical (unpaired) electrons. The minimum atomic E-state index is 0.0410. The number of carbonyl (C=O) groups is 1. The van der Waals surface area contributed by atoms with Gasteiger partial charge in [0, 0.05) is 32.7 Å². The van der Waals surface area contributed by atoms with Gasteiger partial charge in [-0.15, -0.1) is 0 Å². The maximum atomic E-state index is 12.0. The van der Waals surface area contributed by atoms with Crippen LogP contribution in [0.4, 0.5) is 0 Å². The molecule has 4 heteroatoms. The molecule has 0 bridgehead atoms. The first-order valence-corrected chi connectivity index (χ1v) is 8.25. The molecule has 0 atom stereocenters. The summed E-state index contributed by atoms with van der Waals surface area (Å²) in [5.41, 5.74) is 0. The largest absolute Gasteiger partial charge is 0.465 e. The van der Waals surface area contributed by atoms with Gasteiger partial charge in [0.05, 0.1) is 12.5 Å². The van der Waals surface area contributed by atoms with Crippen LogP contribution in [0.5, 0.6) is 0 Å². The van der Waals surface area contributed by atoms with Gasteiger partial charge in [0.1, 0.15) is 0 Å². The van der Waals surface area contributed by atoms with Gasteiger partial charge >= 0.3 is 5.97 Å². The van der Waals surface area contributed by atoms with Gasteiger partial charge in [-0.05, 0) is 37.5 Å². The molecule has 116 valence electrons. The lowest BCUT2D eigenvalue weighted by Gasteiger charge is -2.34. The Morgan fingerprint density at radius 3 is 2.45 bits per heavy atom. The summed E-state index contributed by atoms with van der Waals surface area (Å²) < 4.78 is 5.37. The van der Waals surface area contributed by atoms with E-state index in [-0.39, 0.29) is 11.9 Å². The van der Waals surface area contributed by atoms with Gasteiger partial charge < -0.3 is 15.0 Å². The van der Waals surface area contributed by atoms with Crippen LogP contribution in [0.15, 0.2) is 0 Å². The van der Waals surface area contributed by atoms with E-state index < -0.39 is 0 Å². The third-order valence-corrected chi connectivity index (χ3v) is 4.47. The van der Waals surface area contributed by atoms with Gasteiger partial charge in [-0.1, -0.05) is 13.8 Å². The molecule has 0 spiro atoms. The molecule has 1 aliphatic heterocycles. The maximum Gasteiger partial charge on any atom is 0.308 e. The average Bonchev–Trinajstić information content (AvgIpc) is 2.46. The van der Waals surface area contributed by atoms with E-state index in [1.165, 1.54) is 32.5 Å². The quantitative estimate of drug-likeness (QED) is 0.782. The lowest BCUT2D eigenvalue weighted by atomic mass is 9.81. The van der Waals surface area contributed by atoms with Gasteiger partial charge in [-0.25, -0.2) is 0 Å². The molecule has 4 nitrogen and oxygen atoms in total. The van der Waals surface area contributed by atoms with E-state index in [2.05, 4.69) is 24.1 Å². The van der Waals surface area contributed by atoms with E-state index in [0.29, 0.717) is 12.5 Å². The molecule has 0 unspecified atom stereocenters. The Kier molecular flexibility index (Phi) is 6.30. The zero-order valence-electron chi connectivity index (χ0n) is 13.1. The Morgan fingerprint density at radius 1 is 1.20 bits per heavy atom. The Labute approximate surface area is 123 Å². The van der Waals surface area contributed by atoms with Crippen molar-refractivity contribution in [3.8, 4) is 0 Å². The van der Waals surface area contributed by atoms with E-state index >= 15 is 0 Å². The van der Waals surface area contributed by atoms with Crippen LogP contribution in [-0.2, 0) is 9.53 Å². The van der Waals surface area contributed by atoms with E-state index in [1.54, 1.807) is 0 Å². The van der Waals surface area contributed by atoms with Gasteiger partial charge in [-0.2, -0.15) is 0 Å². The Hall–Kier alpha value is -0.610. The minimum absolute atomic E-state index is 0.0410. The number of esters is 1. The molecular formula is C16H30N2O2. The second-order valence-electron chi connectivity index (χ2n) is 6.79. The normalized spacial score (nSPS) is 28.6. The molecule has 0 amide bonds. The van der Waals surface area contributed by atoms with Crippen LogP contribution in [0.2, 0.25) is 0 Å². The molecule has 1 saturated carbocycles. The predicted molar refractivity (Wildman–Crippen MR) is 80.6 cm³/mol. The standard InChI is InChI=1S/C16H30N2O2/c1-13(2)12-20-16(19)15-5-3-14(4-6-15)11-18-9-7-17-8-10-18/h13-15,17H,3-12H2,1-2H3. The van der Waals surface area contributed by atoms with Crippen molar-refractivity contribution >= 4 is 5.97 Å². The van der Waals surface area contributed by atoms with Crippen molar-refractivity contribution in [3.05, 3.63) is 0 Å². The summed E-state index contributed by atoms with van der Waals surface area (Å²) in [6.07, 6.45) is 4.41. The summed E-state index contributed by atoms with van der Waals surface area (Å²) in [4.78, 5) is 14.5. The first kappa shape index (κ1) is 15.8. The summed E-state index contributed by atoms with van der Waals surface area (Å²) in [5, 5.41) is 3.39. The third kappa shape index (κ3) is 5.06. The van der Waals surface area contributed by atoms with Crippen molar-refractivity contribution in [1.29, 1.82) is 0 Å². The van der Waals surface area contributed by atoms with Crippen LogP contribution < -0.4 is 5.32 Å². The van der Waals surface area contributed by atoms with Crippen LogP contribution in [0.3, 0.4) is 0 Å². The first-order chi connectivity index (χ1) is 9.65. The highest BCUT2D eigenvalue weighted by Crippen LogP contribution is 2.30. The van der Waals surface area contributed by atoms with Crippen LogP contribution >= 0.6 is 0 Å². The number of nitrogens with one attached hydrogen (secondary N) is 1. The minimum Gasteiger partial charge on any atom is -0.465 e. The fourth-order valence-corrected chi connectivity index (χ4v) is 3.21.